The number of benzene rings is 1. The van der Waals surface area contributed by atoms with E-state index in [0.717, 1.165) is 19.5 Å². The lowest BCUT2D eigenvalue weighted by Crippen LogP contribution is -2.54. The van der Waals surface area contributed by atoms with Crippen molar-refractivity contribution in [1.29, 1.82) is 0 Å². The number of piperidine rings is 1. The van der Waals surface area contributed by atoms with Crippen LogP contribution in [0.4, 0.5) is 4.39 Å². The number of carbonyl (C=O) groups is 1. The van der Waals surface area contributed by atoms with Crippen LogP contribution in [0.15, 0.2) is 48.7 Å². The van der Waals surface area contributed by atoms with Crippen LogP contribution >= 0.6 is 0 Å². The van der Waals surface area contributed by atoms with Crippen LogP contribution < -0.4 is 10.1 Å². The van der Waals surface area contributed by atoms with Crippen LogP contribution in [0, 0.1) is 5.82 Å². The second-order valence-electron chi connectivity index (χ2n) is 6.61. The first kappa shape index (κ1) is 19.3. The molecule has 2 N–H and O–H groups in total. The number of β-amino-alcohol motifs (C(OH)–C–C–N with tert-alkyl or cyclic N) is 1. The second kappa shape index (κ2) is 9.43. The zero-order chi connectivity index (χ0) is 19.1. The van der Waals surface area contributed by atoms with E-state index < -0.39 is 6.10 Å². The monoisotopic (exact) mass is 373 g/mol. The molecule has 144 valence electrons. The van der Waals surface area contributed by atoms with Gasteiger partial charge in [0, 0.05) is 25.8 Å². The van der Waals surface area contributed by atoms with Gasteiger partial charge in [0.15, 0.2) is 0 Å². The van der Waals surface area contributed by atoms with Crippen LogP contribution in [0.3, 0.4) is 0 Å². The molecule has 2 atom stereocenters. The quantitative estimate of drug-likeness (QED) is 0.725. The molecule has 0 aliphatic carbocycles. The summed E-state index contributed by atoms with van der Waals surface area (Å²) in [4.78, 5) is 18.3. The second-order valence-corrected chi connectivity index (χ2v) is 6.61. The van der Waals surface area contributed by atoms with Crippen molar-refractivity contribution < 1.29 is 19.0 Å². The normalized spacial score (nSPS) is 20.2. The van der Waals surface area contributed by atoms with E-state index in [1.165, 1.54) is 12.1 Å². The first-order valence-corrected chi connectivity index (χ1v) is 9.12. The van der Waals surface area contributed by atoms with Gasteiger partial charge in [0.2, 0.25) is 0 Å². The van der Waals surface area contributed by atoms with Crippen molar-refractivity contribution in [3.05, 3.63) is 60.2 Å². The van der Waals surface area contributed by atoms with Crippen LogP contribution in [-0.4, -0.2) is 59.3 Å². The Kier molecular flexibility index (Phi) is 6.73. The van der Waals surface area contributed by atoms with Crippen molar-refractivity contribution in [2.24, 2.45) is 0 Å². The summed E-state index contributed by atoms with van der Waals surface area (Å²) in [5, 5.41) is 13.2. The number of likely N-dealkylation sites (tertiary alicyclic amines) is 1. The minimum atomic E-state index is -0.621. The van der Waals surface area contributed by atoms with Crippen molar-refractivity contribution in [2.75, 3.05) is 26.2 Å². The molecule has 0 unspecified atom stereocenters. The zero-order valence-corrected chi connectivity index (χ0v) is 15.1. The van der Waals surface area contributed by atoms with Gasteiger partial charge in [-0.3, -0.25) is 9.78 Å². The molecule has 0 bridgehead atoms. The Morgan fingerprint density at radius 3 is 2.81 bits per heavy atom. The molecule has 7 heteroatoms. The minimum absolute atomic E-state index is 0.263. The summed E-state index contributed by atoms with van der Waals surface area (Å²) >= 11 is 0. The van der Waals surface area contributed by atoms with Crippen molar-refractivity contribution >= 4 is 5.91 Å². The number of aromatic nitrogens is 1. The number of halogens is 1. The molecular weight excluding hydrogens is 349 g/mol. The SMILES string of the molecule is O=C(N[C@@H]1CCN(CCCOc2ccc(F)cc2)C[C@H]1O)c1ccccn1. The fourth-order valence-electron chi connectivity index (χ4n) is 3.12. The molecule has 1 saturated heterocycles. The van der Waals surface area contributed by atoms with Gasteiger partial charge in [-0.25, -0.2) is 4.39 Å². The molecule has 1 aliphatic heterocycles. The van der Waals surface area contributed by atoms with Gasteiger partial charge in [0.1, 0.15) is 17.3 Å². The van der Waals surface area contributed by atoms with Crippen LogP contribution in [0.5, 0.6) is 5.75 Å². The molecule has 0 radical (unpaired) electrons. The summed E-state index contributed by atoms with van der Waals surface area (Å²) in [7, 11) is 0. The van der Waals surface area contributed by atoms with Gasteiger partial charge in [-0.05, 0) is 49.2 Å². The number of nitrogens with zero attached hydrogens (tertiary/aromatic N) is 2. The fraction of sp³-hybridized carbons (Fsp3) is 0.400. The van der Waals surface area contributed by atoms with Crippen LogP contribution in [0.2, 0.25) is 0 Å². The smallest absolute Gasteiger partial charge is 0.270 e. The molecule has 1 aromatic carbocycles. The molecule has 6 nitrogen and oxygen atoms in total. The number of pyridine rings is 1. The highest BCUT2D eigenvalue weighted by atomic mass is 19.1. The van der Waals surface area contributed by atoms with Gasteiger partial charge in [0.25, 0.3) is 5.91 Å². The number of rotatable bonds is 7. The first-order valence-electron chi connectivity index (χ1n) is 9.12. The predicted molar refractivity (Wildman–Crippen MR) is 99.1 cm³/mol. The third kappa shape index (κ3) is 5.74. The van der Waals surface area contributed by atoms with Gasteiger partial charge in [-0.1, -0.05) is 6.07 Å². The minimum Gasteiger partial charge on any atom is -0.494 e. The predicted octanol–water partition coefficient (Wildman–Crippen LogP) is 1.85. The van der Waals surface area contributed by atoms with E-state index in [4.69, 9.17) is 4.74 Å². The Morgan fingerprint density at radius 1 is 1.30 bits per heavy atom. The summed E-state index contributed by atoms with van der Waals surface area (Å²) in [5.74, 6) is 0.0996. The Morgan fingerprint density at radius 2 is 2.11 bits per heavy atom. The molecule has 0 spiro atoms. The molecule has 1 aliphatic rings. The Balaban J connectivity index is 1.37. The van der Waals surface area contributed by atoms with E-state index in [1.54, 1.807) is 36.5 Å². The summed E-state index contributed by atoms with van der Waals surface area (Å²) in [6.45, 7) is 2.61. The van der Waals surface area contributed by atoms with Crippen molar-refractivity contribution in [3.8, 4) is 5.75 Å². The fourth-order valence-corrected chi connectivity index (χ4v) is 3.12. The number of carbonyl (C=O) groups excluding carboxylic acids is 1. The van der Waals surface area contributed by atoms with E-state index in [0.29, 0.717) is 31.0 Å². The number of nitrogens with one attached hydrogen (secondary N) is 1. The Hall–Kier alpha value is -2.51. The van der Waals surface area contributed by atoms with Crippen molar-refractivity contribution in [3.63, 3.8) is 0 Å². The Labute approximate surface area is 158 Å². The summed E-state index contributed by atoms with van der Waals surface area (Å²) in [6, 6.07) is 10.8. The maximum atomic E-state index is 12.8. The molecular formula is C20H24FN3O3. The standard InChI is InChI=1S/C20H24FN3O3/c21-15-5-7-16(8-6-15)27-13-3-11-24-12-9-17(19(25)14-24)23-20(26)18-4-1-2-10-22-18/h1-2,4-8,10,17,19,25H,3,9,11-14H2,(H,23,26)/t17-,19-/m1/s1. The average molecular weight is 373 g/mol. The van der Waals surface area contributed by atoms with Crippen LogP contribution in [-0.2, 0) is 0 Å². The number of aliphatic hydroxyl groups excluding tert-OH is 1. The number of hydrogen-bond donors (Lipinski definition) is 2. The lowest BCUT2D eigenvalue weighted by molar-refractivity contribution is 0.0361. The molecule has 0 saturated carbocycles. The van der Waals surface area contributed by atoms with Gasteiger partial charge in [-0.15, -0.1) is 0 Å². The van der Waals surface area contributed by atoms with E-state index in [-0.39, 0.29) is 17.8 Å². The van der Waals surface area contributed by atoms with Crippen molar-refractivity contribution in [1.82, 2.24) is 15.2 Å². The molecule has 3 rings (SSSR count). The maximum absolute atomic E-state index is 12.8. The number of amides is 1. The largest absolute Gasteiger partial charge is 0.494 e. The third-order valence-corrected chi connectivity index (χ3v) is 4.58. The summed E-state index contributed by atoms with van der Waals surface area (Å²) in [5.41, 5.74) is 0.352. The van der Waals surface area contributed by atoms with Gasteiger partial charge < -0.3 is 20.1 Å². The average Bonchev–Trinajstić information content (AvgIpc) is 2.69. The summed E-state index contributed by atoms with van der Waals surface area (Å²) < 4.78 is 18.4. The number of hydrogen-bond acceptors (Lipinski definition) is 5. The zero-order valence-electron chi connectivity index (χ0n) is 15.1. The van der Waals surface area contributed by atoms with E-state index in [2.05, 4.69) is 15.2 Å². The molecule has 2 heterocycles. The van der Waals surface area contributed by atoms with E-state index >= 15 is 0 Å². The van der Waals surface area contributed by atoms with Crippen LogP contribution in [0.1, 0.15) is 23.3 Å². The maximum Gasteiger partial charge on any atom is 0.270 e. The first-order chi connectivity index (χ1) is 13.1. The molecule has 1 aromatic heterocycles. The van der Waals surface area contributed by atoms with Crippen molar-refractivity contribution in [2.45, 2.75) is 25.0 Å². The highest BCUT2D eigenvalue weighted by molar-refractivity contribution is 5.92. The topological polar surface area (TPSA) is 74.7 Å². The highest BCUT2D eigenvalue weighted by Gasteiger charge is 2.29. The molecule has 2 aromatic rings. The van der Waals surface area contributed by atoms with E-state index in [9.17, 15) is 14.3 Å². The lowest BCUT2D eigenvalue weighted by Gasteiger charge is -2.36. The summed E-state index contributed by atoms with van der Waals surface area (Å²) in [6.07, 6.45) is 2.43. The van der Waals surface area contributed by atoms with Gasteiger partial charge in [-0.2, -0.15) is 0 Å². The number of aliphatic hydroxyl groups is 1. The van der Waals surface area contributed by atoms with Gasteiger partial charge >= 0.3 is 0 Å². The Bertz CT molecular complexity index is 727. The van der Waals surface area contributed by atoms with E-state index in [1.807, 2.05) is 0 Å². The van der Waals surface area contributed by atoms with Crippen LogP contribution in [0.25, 0.3) is 0 Å². The molecule has 1 amide bonds. The van der Waals surface area contributed by atoms with Gasteiger partial charge in [0.05, 0.1) is 18.8 Å². The lowest BCUT2D eigenvalue weighted by atomic mass is 10.0. The third-order valence-electron chi connectivity index (χ3n) is 4.58. The highest BCUT2D eigenvalue weighted by Crippen LogP contribution is 2.14. The number of ether oxygens (including phenoxy) is 1. The molecule has 27 heavy (non-hydrogen) atoms. The molecule has 1 fully saturated rings.